The van der Waals surface area contributed by atoms with E-state index in [0.717, 1.165) is 9.75 Å². The predicted octanol–water partition coefficient (Wildman–Crippen LogP) is 0.382. The quantitative estimate of drug-likeness (QED) is 0.433. The molecule has 0 aromatic carbocycles. The van der Waals surface area contributed by atoms with Gasteiger partial charge in [-0.2, -0.15) is 5.10 Å². The van der Waals surface area contributed by atoms with E-state index in [0.29, 0.717) is 5.71 Å². The molecule has 0 unspecified atom stereocenters. The lowest BCUT2D eigenvalue weighted by Crippen LogP contribution is -2.33. The van der Waals surface area contributed by atoms with Gasteiger partial charge in [0.15, 0.2) is 0 Å². The Morgan fingerprint density at radius 1 is 1.47 bits per heavy atom. The van der Waals surface area contributed by atoms with Crippen molar-refractivity contribution in [1.29, 1.82) is 0 Å². The molecule has 0 saturated carbocycles. The fraction of sp³-hybridized carbons (Fsp3) is 0.222. The number of nitrogens with zero attached hydrogens (tertiary/aromatic N) is 1. The first-order valence-electron chi connectivity index (χ1n) is 4.21. The predicted molar refractivity (Wildman–Crippen MR) is 58.6 cm³/mol. The number of primary amides is 1. The van der Waals surface area contributed by atoms with Crippen molar-refractivity contribution in [3.63, 3.8) is 0 Å². The summed E-state index contributed by atoms with van der Waals surface area (Å²) in [5, 5.41) is 3.76. The van der Waals surface area contributed by atoms with E-state index in [-0.39, 0.29) is 0 Å². The van der Waals surface area contributed by atoms with Crippen LogP contribution in [-0.4, -0.2) is 17.5 Å². The Labute approximate surface area is 91.0 Å². The number of carbonyl (C=O) groups excluding carboxylic acids is 2. The van der Waals surface area contributed by atoms with Crippen molar-refractivity contribution in [3.05, 3.63) is 21.9 Å². The molecule has 15 heavy (non-hydrogen) atoms. The lowest BCUT2D eigenvalue weighted by atomic mass is 10.3. The molecule has 1 heterocycles. The molecule has 1 rings (SSSR count). The molecule has 0 aliphatic rings. The topological polar surface area (TPSA) is 84.6 Å². The largest absolute Gasteiger partial charge is 0.361 e. The van der Waals surface area contributed by atoms with Gasteiger partial charge < -0.3 is 5.73 Å². The van der Waals surface area contributed by atoms with Crippen LogP contribution in [0.2, 0.25) is 0 Å². The van der Waals surface area contributed by atoms with Gasteiger partial charge >= 0.3 is 11.8 Å². The van der Waals surface area contributed by atoms with E-state index in [1.807, 2.05) is 19.1 Å². The monoisotopic (exact) mass is 225 g/mol. The molecule has 0 bridgehead atoms. The summed E-state index contributed by atoms with van der Waals surface area (Å²) in [6.07, 6.45) is 0. The van der Waals surface area contributed by atoms with Crippen LogP contribution in [0.5, 0.6) is 0 Å². The zero-order valence-corrected chi connectivity index (χ0v) is 9.22. The van der Waals surface area contributed by atoms with Crippen molar-refractivity contribution >= 4 is 28.9 Å². The number of hydrogen-bond acceptors (Lipinski definition) is 4. The Hall–Kier alpha value is -1.69. The summed E-state index contributed by atoms with van der Waals surface area (Å²) in [4.78, 5) is 23.3. The summed E-state index contributed by atoms with van der Waals surface area (Å²) >= 11 is 1.56. The lowest BCUT2D eigenvalue weighted by molar-refractivity contribution is -0.137. The minimum absolute atomic E-state index is 0.641. The van der Waals surface area contributed by atoms with E-state index >= 15 is 0 Å². The molecular formula is C9H11N3O2S. The van der Waals surface area contributed by atoms with E-state index in [4.69, 9.17) is 5.73 Å². The molecule has 0 radical (unpaired) electrons. The van der Waals surface area contributed by atoms with Crippen molar-refractivity contribution in [2.24, 2.45) is 10.8 Å². The maximum atomic E-state index is 10.8. The number of amides is 2. The third-order valence-corrected chi connectivity index (χ3v) is 2.76. The fourth-order valence-electron chi connectivity index (χ4n) is 0.874. The molecule has 80 valence electrons. The van der Waals surface area contributed by atoms with Crippen LogP contribution in [0.3, 0.4) is 0 Å². The van der Waals surface area contributed by atoms with Gasteiger partial charge in [0, 0.05) is 4.88 Å². The molecule has 0 fully saturated rings. The van der Waals surface area contributed by atoms with Crippen LogP contribution >= 0.6 is 11.3 Å². The number of carbonyl (C=O) groups is 2. The van der Waals surface area contributed by atoms with Gasteiger partial charge in [0.2, 0.25) is 0 Å². The van der Waals surface area contributed by atoms with E-state index in [2.05, 4.69) is 10.5 Å². The first-order valence-corrected chi connectivity index (χ1v) is 5.03. The van der Waals surface area contributed by atoms with Crippen LogP contribution in [0.4, 0.5) is 0 Å². The second-order valence-electron chi connectivity index (χ2n) is 2.91. The summed E-state index contributed by atoms with van der Waals surface area (Å²) < 4.78 is 0. The fourth-order valence-corrected chi connectivity index (χ4v) is 1.69. The molecule has 6 heteroatoms. The highest BCUT2D eigenvalue weighted by molar-refractivity contribution is 7.14. The summed E-state index contributed by atoms with van der Waals surface area (Å²) in [6, 6.07) is 3.85. The number of nitrogens with one attached hydrogen (secondary N) is 1. The Bertz CT molecular complexity index is 423. The van der Waals surface area contributed by atoms with Gasteiger partial charge in [-0.25, -0.2) is 5.43 Å². The molecule has 1 aromatic rings. The summed E-state index contributed by atoms with van der Waals surface area (Å²) in [5.74, 6) is -1.96. The van der Waals surface area contributed by atoms with Crippen LogP contribution in [0.1, 0.15) is 16.7 Å². The van der Waals surface area contributed by atoms with Crippen molar-refractivity contribution < 1.29 is 9.59 Å². The van der Waals surface area contributed by atoms with E-state index in [1.54, 1.807) is 18.3 Å². The third kappa shape index (κ3) is 3.17. The molecule has 0 aliphatic heterocycles. The van der Waals surface area contributed by atoms with Gasteiger partial charge in [0.1, 0.15) is 0 Å². The second kappa shape index (κ2) is 4.70. The zero-order valence-electron chi connectivity index (χ0n) is 8.40. The summed E-state index contributed by atoms with van der Waals surface area (Å²) in [7, 11) is 0. The highest BCUT2D eigenvalue weighted by Gasteiger charge is 2.07. The highest BCUT2D eigenvalue weighted by Crippen LogP contribution is 2.15. The number of aryl methyl sites for hydroxylation is 1. The molecule has 0 atom stereocenters. The van der Waals surface area contributed by atoms with Gasteiger partial charge in [0.25, 0.3) is 0 Å². The minimum atomic E-state index is -1.05. The first-order chi connectivity index (χ1) is 7.00. The maximum Gasteiger partial charge on any atom is 0.329 e. The van der Waals surface area contributed by atoms with Crippen LogP contribution in [0, 0.1) is 6.92 Å². The molecule has 3 N–H and O–H groups in total. The van der Waals surface area contributed by atoms with Crippen LogP contribution in [0.25, 0.3) is 0 Å². The Morgan fingerprint density at radius 2 is 2.13 bits per heavy atom. The molecule has 0 saturated heterocycles. The average molecular weight is 225 g/mol. The Morgan fingerprint density at radius 3 is 2.60 bits per heavy atom. The van der Waals surface area contributed by atoms with Crippen molar-refractivity contribution in [2.75, 3.05) is 0 Å². The van der Waals surface area contributed by atoms with Gasteiger partial charge in [-0.15, -0.1) is 11.3 Å². The number of hydrazone groups is 1. The van der Waals surface area contributed by atoms with Crippen LogP contribution in [-0.2, 0) is 9.59 Å². The Kier molecular flexibility index (Phi) is 3.56. The molecule has 1 aromatic heterocycles. The van der Waals surface area contributed by atoms with E-state index in [1.165, 1.54) is 0 Å². The minimum Gasteiger partial charge on any atom is -0.361 e. The first kappa shape index (κ1) is 11.4. The maximum absolute atomic E-state index is 10.8. The van der Waals surface area contributed by atoms with Crippen molar-refractivity contribution in [1.82, 2.24) is 5.43 Å². The highest BCUT2D eigenvalue weighted by atomic mass is 32.1. The van der Waals surface area contributed by atoms with E-state index < -0.39 is 11.8 Å². The lowest BCUT2D eigenvalue weighted by Gasteiger charge is -1.97. The SMILES string of the molecule is C/C(=N/NC(=O)C(N)=O)c1ccc(C)s1. The smallest absolute Gasteiger partial charge is 0.329 e. The van der Waals surface area contributed by atoms with Gasteiger partial charge in [-0.3, -0.25) is 9.59 Å². The second-order valence-corrected chi connectivity index (χ2v) is 4.20. The summed E-state index contributed by atoms with van der Waals surface area (Å²) in [5.41, 5.74) is 7.46. The molecule has 0 aliphatic carbocycles. The van der Waals surface area contributed by atoms with Crippen molar-refractivity contribution in [2.45, 2.75) is 13.8 Å². The summed E-state index contributed by atoms with van der Waals surface area (Å²) in [6.45, 7) is 3.72. The molecule has 0 spiro atoms. The van der Waals surface area contributed by atoms with Gasteiger partial charge in [0.05, 0.1) is 10.6 Å². The molecule has 2 amide bonds. The standard InChI is InChI=1S/C9H11N3O2S/c1-5-3-4-7(15-5)6(2)11-12-9(14)8(10)13/h3-4H,1-2H3,(H2,10,13)(H,12,14)/b11-6-. The van der Waals surface area contributed by atoms with Crippen LogP contribution < -0.4 is 11.2 Å². The van der Waals surface area contributed by atoms with Crippen molar-refractivity contribution in [3.8, 4) is 0 Å². The number of thiophene rings is 1. The normalized spacial score (nSPS) is 11.2. The average Bonchev–Trinajstić information content (AvgIpc) is 2.60. The number of nitrogens with two attached hydrogens (primary N) is 1. The Balaban J connectivity index is 2.69. The number of rotatable bonds is 2. The van der Waals surface area contributed by atoms with Crippen LogP contribution in [0.15, 0.2) is 17.2 Å². The molecule has 5 nitrogen and oxygen atoms in total. The van der Waals surface area contributed by atoms with Gasteiger partial charge in [-0.05, 0) is 26.0 Å². The van der Waals surface area contributed by atoms with E-state index in [9.17, 15) is 9.59 Å². The number of hydrogen-bond donors (Lipinski definition) is 2. The third-order valence-electron chi connectivity index (χ3n) is 1.65. The zero-order chi connectivity index (χ0) is 11.4. The van der Waals surface area contributed by atoms with Gasteiger partial charge in [-0.1, -0.05) is 0 Å². The molecular weight excluding hydrogens is 214 g/mol.